The average molecular weight is 108 g/mol. The Morgan fingerprint density at radius 1 is 1.38 bits per heavy atom. The van der Waals surface area contributed by atoms with Crippen LogP contribution in [0.2, 0.25) is 0 Å². The Morgan fingerprint density at radius 3 is 2.50 bits per heavy atom. The third-order valence-electron chi connectivity index (χ3n) is 0.798. The molecule has 0 unspecified atom stereocenters. The number of aryl methyl sites for hydroxylation is 1. The van der Waals surface area contributed by atoms with Crippen molar-refractivity contribution >= 4 is 5.82 Å². The van der Waals surface area contributed by atoms with Crippen LogP contribution in [0.5, 0.6) is 0 Å². The van der Waals surface area contributed by atoms with Gasteiger partial charge < -0.3 is 0 Å². The molecule has 0 bridgehead atoms. The summed E-state index contributed by atoms with van der Waals surface area (Å²) in [7, 11) is 0. The first kappa shape index (κ1) is 5.03. The van der Waals surface area contributed by atoms with Crippen LogP contribution in [0.15, 0.2) is 12.1 Å². The van der Waals surface area contributed by atoms with E-state index in [1.165, 1.54) is 0 Å². The van der Waals surface area contributed by atoms with E-state index >= 15 is 0 Å². The predicted molar refractivity (Wildman–Crippen MR) is 29.5 cm³/mol. The third kappa shape index (κ3) is 0.932. The molecule has 0 amide bonds. The molecule has 1 radical (unpaired) electrons. The maximum atomic E-state index is 6.92. The van der Waals surface area contributed by atoms with Gasteiger partial charge in [-0.25, -0.2) is 0 Å². The van der Waals surface area contributed by atoms with Gasteiger partial charge in [0.1, 0.15) is 0 Å². The van der Waals surface area contributed by atoms with Gasteiger partial charge in [0.2, 0.25) is 0 Å². The van der Waals surface area contributed by atoms with Crippen molar-refractivity contribution in [1.82, 2.24) is 15.9 Å². The van der Waals surface area contributed by atoms with Gasteiger partial charge in [0.25, 0.3) is 0 Å². The first-order valence-corrected chi connectivity index (χ1v) is 2.31. The number of rotatable bonds is 0. The van der Waals surface area contributed by atoms with Gasteiger partial charge >= 0.3 is 0 Å². The summed E-state index contributed by atoms with van der Waals surface area (Å²) >= 11 is 0. The lowest BCUT2D eigenvalue weighted by molar-refractivity contribution is 0.971. The van der Waals surface area contributed by atoms with Crippen LogP contribution >= 0.6 is 0 Å². The molecular weight excluding hydrogens is 102 g/mol. The minimum atomic E-state index is 0.218. The number of hydrogen-bond acceptors (Lipinski definition) is 2. The van der Waals surface area contributed by atoms with E-state index in [0.29, 0.717) is 0 Å². The molecule has 0 saturated heterocycles. The van der Waals surface area contributed by atoms with Crippen molar-refractivity contribution in [2.75, 3.05) is 0 Å². The van der Waals surface area contributed by atoms with Crippen LogP contribution in [0, 0.1) is 6.92 Å². The van der Waals surface area contributed by atoms with Crippen LogP contribution in [-0.2, 0) is 0 Å². The summed E-state index contributed by atoms with van der Waals surface area (Å²) in [6, 6.07) is 3.37. The summed E-state index contributed by atoms with van der Waals surface area (Å²) in [6.07, 6.45) is 0. The molecular formula is C5H6N3. The van der Waals surface area contributed by atoms with Gasteiger partial charge in [-0.05, 0) is 19.1 Å². The Bertz CT molecular complexity index is 147. The number of aromatic nitrogens is 2. The molecule has 1 N–H and O–H groups in total. The molecule has 0 saturated carbocycles. The standard InChI is InChI=1S/C5H6N3/c1-4-2-3-5(6)8-7-4/h2-3,6H,1H3. The largest absolute Gasteiger partial charge is 0.281 e. The predicted octanol–water partition coefficient (Wildman–Crippen LogP) is 0.699. The summed E-state index contributed by atoms with van der Waals surface area (Å²) in [4.78, 5) is 0. The van der Waals surface area contributed by atoms with E-state index in [9.17, 15) is 0 Å². The Kier molecular flexibility index (Phi) is 1.12. The Hall–Kier alpha value is -1.12. The van der Waals surface area contributed by atoms with Crippen molar-refractivity contribution in [3.8, 4) is 0 Å². The van der Waals surface area contributed by atoms with Gasteiger partial charge in [-0.15, -0.1) is 5.10 Å². The van der Waals surface area contributed by atoms with Crippen LogP contribution in [0.4, 0.5) is 5.82 Å². The van der Waals surface area contributed by atoms with Gasteiger partial charge in [-0.3, -0.25) is 5.73 Å². The zero-order valence-electron chi connectivity index (χ0n) is 4.55. The highest BCUT2D eigenvalue weighted by Crippen LogP contribution is 1.94. The Labute approximate surface area is 47.5 Å². The molecule has 1 rings (SSSR count). The second kappa shape index (κ2) is 1.78. The van der Waals surface area contributed by atoms with E-state index in [1.807, 2.05) is 6.92 Å². The van der Waals surface area contributed by atoms with Gasteiger partial charge in [0, 0.05) is 0 Å². The summed E-state index contributed by atoms with van der Waals surface area (Å²) in [6.45, 7) is 1.84. The lowest BCUT2D eigenvalue weighted by Gasteiger charge is -1.86. The highest BCUT2D eigenvalue weighted by Gasteiger charge is 1.84. The molecule has 0 aliphatic carbocycles. The van der Waals surface area contributed by atoms with E-state index in [1.54, 1.807) is 12.1 Å². The summed E-state index contributed by atoms with van der Waals surface area (Å²) < 4.78 is 0. The fourth-order valence-electron chi connectivity index (χ4n) is 0.399. The highest BCUT2D eigenvalue weighted by molar-refractivity contribution is 5.20. The van der Waals surface area contributed by atoms with E-state index in [-0.39, 0.29) is 5.82 Å². The fraction of sp³-hybridized carbons (Fsp3) is 0.200. The van der Waals surface area contributed by atoms with Crippen molar-refractivity contribution in [3.63, 3.8) is 0 Å². The topological polar surface area (TPSA) is 49.6 Å². The quantitative estimate of drug-likeness (QED) is 0.491. The van der Waals surface area contributed by atoms with E-state index in [0.717, 1.165) is 5.69 Å². The van der Waals surface area contributed by atoms with Crippen LogP contribution in [0.25, 0.3) is 0 Å². The molecule has 1 aromatic heterocycles. The zero-order valence-corrected chi connectivity index (χ0v) is 4.55. The SMILES string of the molecule is Cc1ccc([NH])nn1. The fourth-order valence-corrected chi connectivity index (χ4v) is 0.399. The molecule has 0 aliphatic heterocycles. The molecule has 3 nitrogen and oxygen atoms in total. The van der Waals surface area contributed by atoms with Crippen molar-refractivity contribution in [2.45, 2.75) is 6.92 Å². The van der Waals surface area contributed by atoms with Crippen LogP contribution in [0.1, 0.15) is 5.69 Å². The number of nitrogens with zero attached hydrogens (tertiary/aromatic N) is 2. The second-order valence-corrected chi connectivity index (χ2v) is 1.56. The van der Waals surface area contributed by atoms with E-state index in [2.05, 4.69) is 10.2 Å². The molecule has 0 fully saturated rings. The molecule has 1 heterocycles. The second-order valence-electron chi connectivity index (χ2n) is 1.56. The van der Waals surface area contributed by atoms with Gasteiger partial charge in [0.15, 0.2) is 5.82 Å². The maximum Gasteiger partial charge on any atom is 0.167 e. The minimum Gasteiger partial charge on any atom is -0.281 e. The molecule has 41 valence electrons. The third-order valence-corrected chi connectivity index (χ3v) is 0.798. The lowest BCUT2D eigenvalue weighted by Crippen LogP contribution is -1.84. The lowest BCUT2D eigenvalue weighted by atomic mass is 10.4. The summed E-state index contributed by atoms with van der Waals surface area (Å²) in [5.74, 6) is 0.218. The maximum absolute atomic E-state index is 6.92. The summed E-state index contributed by atoms with van der Waals surface area (Å²) in [5.41, 5.74) is 7.77. The van der Waals surface area contributed by atoms with Crippen LogP contribution in [0.3, 0.4) is 0 Å². The minimum absolute atomic E-state index is 0.218. The molecule has 3 heteroatoms. The Balaban J connectivity index is 3.03. The van der Waals surface area contributed by atoms with E-state index in [4.69, 9.17) is 5.73 Å². The average Bonchev–Trinajstić information content (AvgIpc) is 1.77. The van der Waals surface area contributed by atoms with Gasteiger partial charge in [0.05, 0.1) is 5.69 Å². The van der Waals surface area contributed by atoms with Crippen LogP contribution in [-0.4, -0.2) is 10.2 Å². The monoisotopic (exact) mass is 108 g/mol. The molecule has 0 aromatic carbocycles. The summed E-state index contributed by atoms with van der Waals surface area (Å²) in [5, 5.41) is 7.14. The zero-order chi connectivity index (χ0) is 5.98. The number of hydrogen-bond donors (Lipinski definition) is 0. The molecule has 1 aromatic rings. The van der Waals surface area contributed by atoms with Gasteiger partial charge in [-0.1, -0.05) is 0 Å². The molecule has 0 spiro atoms. The molecule has 0 atom stereocenters. The smallest absolute Gasteiger partial charge is 0.167 e. The van der Waals surface area contributed by atoms with Crippen molar-refractivity contribution in [2.24, 2.45) is 0 Å². The first-order valence-electron chi connectivity index (χ1n) is 2.31. The molecule has 0 aliphatic rings. The molecule has 8 heavy (non-hydrogen) atoms. The van der Waals surface area contributed by atoms with Crippen molar-refractivity contribution in [3.05, 3.63) is 17.8 Å². The van der Waals surface area contributed by atoms with E-state index < -0.39 is 0 Å². The van der Waals surface area contributed by atoms with Gasteiger partial charge in [-0.2, -0.15) is 5.10 Å². The normalized spacial score (nSPS) is 9.12. The highest BCUT2D eigenvalue weighted by atomic mass is 15.1. The first-order chi connectivity index (χ1) is 3.79. The van der Waals surface area contributed by atoms with Crippen LogP contribution < -0.4 is 5.73 Å². The van der Waals surface area contributed by atoms with Crippen molar-refractivity contribution < 1.29 is 0 Å². The van der Waals surface area contributed by atoms with Crippen molar-refractivity contribution in [1.29, 1.82) is 0 Å². The Morgan fingerprint density at radius 2 is 2.12 bits per heavy atom. The number of nitrogens with one attached hydrogen (secondary N) is 1.